The summed E-state index contributed by atoms with van der Waals surface area (Å²) in [6.07, 6.45) is 17.3. The average Bonchev–Trinajstić information content (AvgIpc) is 3.15. The molecule has 282 valence electrons. The quantitative estimate of drug-likeness (QED) is 0.0660. The lowest BCUT2D eigenvalue weighted by atomic mass is 9.65. The van der Waals surface area contributed by atoms with Crippen molar-refractivity contribution in [2.75, 3.05) is 33.4 Å². The van der Waals surface area contributed by atoms with Crippen LogP contribution in [0.4, 0.5) is 0 Å². The number of hydrogen-bond donors (Lipinski definition) is 1. The summed E-state index contributed by atoms with van der Waals surface area (Å²) in [4.78, 5) is 51.7. The van der Waals surface area contributed by atoms with Gasteiger partial charge in [-0.05, 0) is 55.4 Å². The Bertz CT molecular complexity index is 1330. The van der Waals surface area contributed by atoms with E-state index >= 15 is 0 Å². The molecule has 1 amide bonds. The smallest absolute Gasteiger partial charge is 0.305 e. The number of ether oxygens (including phenoxy) is 2. The molecule has 1 N–H and O–H groups in total. The molecule has 1 saturated carbocycles. The first kappa shape index (κ1) is 41.9. The molecular formula is C43H63NO7. The number of unbranched alkanes of at least 4 members (excludes halogenated alkanes) is 8. The van der Waals surface area contributed by atoms with E-state index in [1.165, 1.54) is 69.8 Å². The highest BCUT2D eigenvalue weighted by molar-refractivity contribution is 6.15. The van der Waals surface area contributed by atoms with Crippen molar-refractivity contribution in [2.24, 2.45) is 23.7 Å². The van der Waals surface area contributed by atoms with Crippen LogP contribution in [0.25, 0.3) is 0 Å². The zero-order valence-electron chi connectivity index (χ0n) is 31.5. The van der Waals surface area contributed by atoms with Gasteiger partial charge < -0.3 is 19.5 Å². The number of hydrogen-bond acceptors (Lipinski definition) is 7. The molecule has 0 radical (unpaired) electrons. The first-order valence-electron chi connectivity index (χ1n) is 19.6. The van der Waals surface area contributed by atoms with Crippen molar-refractivity contribution in [2.45, 2.75) is 117 Å². The third-order valence-electron chi connectivity index (χ3n) is 11.0. The molecule has 4 atom stereocenters. The minimum absolute atomic E-state index is 0.0373. The van der Waals surface area contributed by atoms with Crippen LogP contribution in [0.3, 0.4) is 0 Å². The van der Waals surface area contributed by atoms with E-state index in [-0.39, 0.29) is 55.5 Å². The standard InChI is InChI=1S/C43H63NO7/c1-33-27-28-35(34(2)37(33)22-14-7-5-8-15-25-40(46)50-3)19-11-6-4-9-16-26-41(47)51-32-30-44(29-31-45)43(49)39-24-18-17-23-38(39)42(48)36-20-12-10-13-21-36/h10,12-13,17-18,20-21,23-24,33-35,37,45H,4-9,11,14-16,19,22,25-32H2,1-3H3. The van der Waals surface area contributed by atoms with E-state index in [1.807, 2.05) is 6.07 Å². The van der Waals surface area contributed by atoms with Gasteiger partial charge in [-0.2, -0.15) is 0 Å². The maximum atomic E-state index is 13.4. The Labute approximate surface area is 306 Å². The molecule has 4 unspecified atom stereocenters. The number of esters is 2. The van der Waals surface area contributed by atoms with Gasteiger partial charge in [-0.1, -0.05) is 127 Å². The van der Waals surface area contributed by atoms with Gasteiger partial charge in [0, 0.05) is 30.5 Å². The minimum atomic E-state index is -0.381. The molecule has 0 aliphatic heterocycles. The Balaban J connectivity index is 1.29. The van der Waals surface area contributed by atoms with Crippen LogP contribution < -0.4 is 0 Å². The number of amides is 1. The van der Waals surface area contributed by atoms with Crippen LogP contribution in [-0.4, -0.2) is 67.0 Å². The number of carbonyl (C=O) groups is 4. The van der Waals surface area contributed by atoms with Crippen molar-refractivity contribution < 1.29 is 33.8 Å². The minimum Gasteiger partial charge on any atom is -0.469 e. The third kappa shape index (κ3) is 14.6. The Morgan fingerprint density at radius 1 is 0.706 bits per heavy atom. The molecule has 1 aliphatic carbocycles. The largest absolute Gasteiger partial charge is 0.469 e. The van der Waals surface area contributed by atoms with E-state index in [2.05, 4.69) is 13.8 Å². The second-order valence-corrected chi connectivity index (χ2v) is 14.5. The van der Waals surface area contributed by atoms with E-state index in [9.17, 15) is 24.3 Å². The summed E-state index contributed by atoms with van der Waals surface area (Å²) in [5.41, 5.74) is 1.05. The highest BCUT2D eigenvalue weighted by Crippen LogP contribution is 2.43. The maximum absolute atomic E-state index is 13.4. The molecular weight excluding hydrogens is 642 g/mol. The van der Waals surface area contributed by atoms with Gasteiger partial charge in [-0.15, -0.1) is 0 Å². The van der Waals surface area contributed by atoms with Crippen molar-refractivity contribution in [3.05, 3.63) is 71.3 Å². The van der Waals surface area contributed by atoms with E-state index in [0.717, 1.165) is 55.8 Å². The number of nitrogens with zero attached hydrogens (tertiary/aromatic N) is 1. The van der Waals surface area contributed by atoms with Crippen molar-refractivity contribution in [3.63, 3.8) is 0 Å². The number of methoxy groups -OCH3 is 1. The van der Waals surface area contributed by atoms with Crippen LogP contribution in [0.5, 0.6) is 0 Å². The third-order valence-corrected chi connectivity index (χ3v) is 11.0. The van der Waals surface area contributed by atoms with E-state index in [4.69, 9.17) is 9.47 Å². The summed E-state index contributed by atoms with van der Waals surface area (Å²) in [7, 11) is 1.46. The topological polar surface area (TPSA) is 110 Å². The fourth-order valence-electron chi connectivity index (χ4n) is 7.82. The number of aliphatic hydroxyl groups excluding tert-OH is 1. The van der Waals surface area contributed by atoms with Crippen LogP contribution in [0.2, 0.25) is 0 Å². The van der Waals surface area contributed by atoms with Gasteiger partial charge in [-0.3, -0.25) is 19.2 Å². The first-order chi connectivity index (χ1) is 24.8. The molecule has 2 aromatic rings. The van der Waals surface area contributed by atoms with E-state index in [1.54, 1.807) is 48.5 Å². The molecule has 0 bridgehead atoms. The second kappa shape index (κ2) is 23.9. The summed E-state index contributed by atoms with van der Waals surface area (Å²) in [5, 5.41) is 9.61. The maximum Gasteiger partial charge on any atom is 0.305 e. The van der Waals surface area contributed by atoms with Gasteiger partial charge in [-0.25, -0.2) is 0 Å². The number of carbonyl (C=O) groups excluding carboxylic acids is 4. The fourth-order valence-corrected chi connectivity index (χ4v) is 7.82. The number of rotatable bonds is 24. The first-order valence-corrected chi connectivity index (χ1v) is 19.6. The van der Waals surface area contributed by atoms with Crippen molar-refractivity contribution >= 4 is 23.6 Å². The van der Waals surface area contributed by atoms with Gasteiger partial charge in [0.25, 0.3) is 5.91 Å². The summed E-state index contributed by atoms with van der Waals surface area (Å²) >= 11 is 0. The highest BCUT2D eigenvalue weighted by atomic mass is 16.5. The van der Waals surface area contributed by atoms with Gasteiger partial charge in [0.15, 0.2) is 5.78 Å². The lowest BCUT2D eigenvalue weighted by Gasteiger charge is -2.41. The molecule has 1 fully saturated rings. The summed E-state index contributed by atoms with van der Waals surface area (Å²) in [5.74, 6) is 2.21. The predicted molar refractivity (Wildman–Crippen MR) is 201 cm³/mol. The monoisotopic (exact) mass is 705 g/mol. The predicted octanol–water partition coefficient (Wildman–Crippen LogP) is 8.83. The average molecular weight is 706 g/mol. The van der Waals surface area contributed by atoms with Gasteiger partial charge in [0.2, 0.25) is 0 Å². The number of benzene rings is 2. The lowest BCUT2D eigenvalue weighted by Crippen LogP contribution is -2.37. The Kier molecular flexibility index (Phi) is 19.6. The molecule has 1 aliphatic rings. The van der Waals surface area contributed by atoms with Gasteiger partial charge in [0.05, 0.1) is 25.8 Å². The molecule has 51 heavy (non-hydrogen) atoms. The molecule has 2 aromatic carbocycles. The SMILES string of the molecule is COC(=O)CCCCCCCC1C(C)CCC(CCCCCCCC(=O)OCCN(CCO)C(=O)c2ccccc2C(=O)c2ccccc2)C1C. The second-order valence-electron chi connectivity index (χ2n) is 14.5. The number of aliphatic hydroxyl groups is 1. The van der Waals surface area contributed by atoms with Crippen LogP contribution in [0.15, 0.2) is 54.6 Å². The van der Waals surface area contributed by atoms with E-state index in [0.29, 0.717) is 24.0 Å². The summed E-state index contributed by atoms with van der Waals surface area (Å²) in [6.45, 7) is 4.93. The molecule has 0 aromatic heterocycles. The number of ketones is 1. The van der Waals surface area contributed by atoms with Crippen LogP contribution in [-0.2, 0) is 19.1 Å². The Morgan fingerprint density at radius 2 is 1.29 bits per heavy atom. The molecule has 8 nitrogen and oxygen atoms in total. The van der Waals surface area contributed by atoms with Crippen molar-refractivity contribution in [3.8, 4) is 0 Å². The van der Waals surface area contributed by atoms with Crippen LogP contribution >= 0.6 is 0 Å². The fraction of sp³-hybridized carbons (Fsp3) is 0.628. The van der Waals surface area contributed by atoms with Gasteiger partial charge >= 0.3 is 11.9 Å². The lowest BCUT2D eigenvalue weighted by molar-refractivity contribution is -0.144. The summed E-state index contributed by atoms with van der Waals surface area (Å²) < 4.78 is 10.2. The molecule has 0 heterocycles. The summed E-state index contributed by atoms with van der Waals surface area (Å²) in [6, 6.07) is 15.5. The molecule has 3 rings (SSSR count). The zero-order chi connectivity index (χ0) is 36.8. The van der Waals surface area contributed by atoms with E-state index < -0.39 is 0 Å². The zero-order valence-corrected chi connectivity index (χ0v) is 31.5. The van der Waals surface area contributed by atoms with Crippen molar-refractivity contribution in [1.82, 2.24) is 4.90 Å². The molecule has 8 heteroatoms. The Hall–Kier alpha value is -3.52. The molecule has 0 saturated heterocycles. The highest BCUT2D eigenvalue weighted by Gasteiger charge is 2.33. The van der Waals surface area contributed by atoms with Crippen LogP contribution in [0, 0.1) is 23.7 Å². The van der Waals surface area contributed by atoms with Gasteiger partial charge in [0.1, 0.15) is 6.61 Å². The molecule has 0 spiro atoms. The normalized spacial score (nSPS) is 18.6. The van der Waals surface area contributed by atoms with Crippen molar-refractivity contribution in [1.29, 1.82) is 0 Å². The van der Waals surface area contributed by atoms with Crippen LogP contribution in [0.1, 0.15) is 143 Å². The Morgan fingerprint density at radius 3 is 1.96 bits per heavy atom.